The number of benzene rings is 2. The average molecular weight is 418 g/mol. The van der Waals surface area contributed by atoms with Gasteiger partial charge in [-0.1, -0.05) is 12.1 Å². The zero-order valence-corrected chi connectivity index (χ0v) is 18.6. The number of nitrogens with zero attached hydrogens (tertiary/aromatic N) is 4. The smallest absolute Gasteiger partial charge is 0.161 e. The third-order valence-corrected chi connectivity index (χ3v) is 5.73. The third-order valence-electron chi connectivity index (χ3n) is 5.73. The van der Waals surface area contributed by atoms with Crippen molar-refractivity contribution in [3.63, 3.8) is 0 Å². The number of hydrogen-bond acceptors (Lipinski definition) is 6. The molecule has 0 spiro atoms. The Kier molecular flexibility index (Phi) is 6.67. The van der Waals surface area contributed by atoms with Gasteiger partial charge in [-0.3, -0.25) is 0 Å². The van der Waals surface area contributed by atoms with Crippen molar-refractivity contribution >= 4 is 11.5 Å². The molecule has 6 nitrogen and oxygen atoms in total. The van der Waals surface area contributed by atoms with Gasteiger partial charge in [-0.15, -0.1) is 0 Å². The summed E-state index contributed by atoms with van der Waals surface area (Å²) in [5.41, 5.74) is 4.53. The van der Waals surface area contributed by atoms with E-state index in [-0.39, 0.29) is 0 Å². The third kappa shape index (κ3) is 5.52. The normalized spacial score (nSPS) is 14.5. The van der Waals surface area contributed by atoms with Crippen molar-refractivity contribution in [2.45, 2.75) is 13.3 Å². The van der Waals surface area contributed by atoms with Crippen molar-refractivity contribution < 1.29 is 4.74 Å². The van der Waals surface area contributed by atoms with E-state index >= 15 is 0 Å². The molecule has 0 saturated carbocycles. The van der Waals surface area contributed by atoms with Crippen molar-refractivity contribution in [2.75, 3.05) is 57.1 Å². The summed E-state index contributed by atoms with van der Waals surface area (Å²) in [5.74, 6) is 2.50. The molecule has 0 radical (unpaired) electrons. The minimum absolute atomic E-state index is 0.761. The second-order valence-electron chi connectivity index (χ2n) is 8.08. The van der Waals surface area contributed by atoms with Gasteiger partial charge in [-0.2, -0.15) is 0 Å². The zero-order valence-electron chi connectivity index (χ0n) is 18.6. The molecule has 0 unspecified atom stereocenters. The van der Waals surface area contributed by atoms with Gasteiger partial charge in [0, 0.05) is 55.7 Å². The van der Waals surface area contributed by atoms with Gasteiger partial charge in [0.25, 0.3) is 0 Å². The van der Waals surface area contributed by atoms with Crippen LogP contribution < -0.4 is 15.0 Å². The lowest BCUT2D eigenvalue weighted by Gasteiger charge is -2.34. The Morgan fingerprint density at radius 3 is 2.32 bits per heavy atom. The number of likely N-dealkylation sites (N-methyl/N-ethyl adjacent to an activating group) is 1. The fourth-order valence-corrected chi connectivity index (χ4v) is 3.80. The molecule has 4 rings (SSSR count). The minimum Gasteiger partial charge on any atom is -0.497 e. The first kappa shape index (κ1) is 21.1. The van der Waals surface area contributed by atoms with Gasteiger partial charge in [0.05, 0.1) is 7.11 Å². The Hall–Kier alpha value is -3.12. The van der Waals surface area contributed by atoms with Crippen LogP contribution in [-0.4, -0.2) is 61.7 Å². The van der Waals surface area contributed by atoms with E-state index in [2.05, 4.69) is 63.5 Å². The molecule has 1 fully saturated rings. The van der Waals surface area contributed by atoms with Crippen LogP contribution in [0.15, 0.2) is 54.6 Å². The first-order valence-electron chi connectivity index (χ1n) is 10.9. The Bertz CT molecular complexity index is 980. The highest BCUT2D eigenvalue weighted by molar-refractivity contribution is 5.62. The van der Waals surface area contributed by atoms with Gasteiger partial charge in [0.1, 0.15) is 11.6 Å². The summed E-state index contributed by atoms with van der Waals surface area (Å²) in [7, 11) is 3.86. The van der Waals surface area contributed by atoms with Gasteiger partial charge in [0.2, 0.25) is 0 Å². The summed E-state index contributed by atoms with van der Waals surface area (Å²) in [4.78, 5) is 14.2. The van der Waals surface area contributed by atoms with E-state index < -0.39 is 0 Å². The second-order valence-corrected chi connectivity index (χ2v) is 8.08. The number of nitrogens with one attached hydrogen (secondary N) is 1. The van der Waals surface area contributed by atoms with Gasteiger partial charge in [-0.05, 0) is 62.4 Å². The van der Waals surface area contributed by atoms with Crippen LogP contribution in [0.3, 0.4) is 0 Å². The number of anilines is 2. The van der Waals surface area contributed by atoms with Gasteiger partial charge in [0.15, 0.2) is 5.82 Å². The maximum atomic E-state index is 5.22. The molecular formula is C25H31N5O. The van der Waals surface area contributed by atoms with E-state index in [0.29, 0.717) is 0 Å². The lowest BCUT2D eigenvalue weighted by atomic mass is 10.1. The molecule has 0 bridgehead atoms. The molecule has 31 heavy (non-hydrogen) atoms. The standard InChI is InChI=1S/C25H31N5O/c1-19-18-24(26-13-12-20-4-10-23(31-3)11-5-20)28-25(27-19)21-6-8-22(9-7-21)30-16-14-29(2)15-17-30/h4-11,18H,12-17H2,1-3H3,(H,26,27,28). The Morgan fingerprint density at radius 2 is 1.65 bits per heavy atom. The second kappa shape index (κ2) is 9.79. The lowest BCUT2D eigenvalue weighted by Crippen LogP contribution is -2.44. The van der Waals surface area contributed by atoms with E-state index in [9.17, 15) is 0 Å². The molecule has 0 aliphatic carbocycles. The Labute approximate surface area is 184 Å². The number of hydrogen-bond donors (Lipinski definition) is 1. The summed E-state index contributed by atoms with van der Waals surface area (Å²) >= 11 is 0. The molecule has 1 aliphatic heterocycles. The highest BCUT2D eigenvalue weighted by Gasteiger charge is 2.14. The average Bonchev–Trinajstić information content (AvgIpc) is 2.80. The summed E-state index contributed by atoms with van der Waals surface area (Å²) < 4.78 is 5.22. The fraction of sp³-hybridized carbons (Fsp3) is 0.360. The van der Waals surface area contributed by atoms with E-state index in [4.69, 9.17) is 9.72 Å². The van der Waals surface area contributed by atoms with Crippen molar-refractivity contribution in [1.29, 1.82) is 0 Å². The summed E-state index contributed by atoms with van der Waals surface area (Å²) in [5, 5.41) is 3.44. The van der Waals surface area contributed by atoms with Crippen molar-refractivity contribution in [3.05, 3.63) is 65.9 Å². The number of rotatable bonds is 7. The van der Waals surface area contributed by atoms with Crippen LogP contribution >= 0.6 is 0 Å². The van der Waals surface area contributed by atoms with E-state index in [0.717, 1.165) is 67.8 Å². The van der Waals surface area contributed by atoms with Gasteiger partial charge < -0.3 is 19.9 Å². The number of aryl methyl sites for hydroxylation is 1. The minimum atomic E-state index is 0.761. The highest BCUT2D eigenvalue weighted by atomic mass is 16.5. The van der Waals surface area contributed by atoms with Crippen LogP contribution in [0, 0.1) is 6.92 Å². The van der Waals surface area contributed by atoms with Crippen LogP contribution in [0.4, 0.5) is 11.5 Å². The molecule has 2 heterocycles. The maximum absolute atomic E-state index is 5.22. The molecule has 1 aromatic heterocycles. The zero-order chi connectivity index (χ0) is 21.6. The first-order valence-corrected chi connectivity index (χ1v) is 10.9. The Morgan fingerprint density at radius 1 is 0.935 bits per heavy atom. The van der Waals surface area contributed by atoms with E-state index in [1.165, 1.54) is 11.3 Å². The summed E-state index contributed by atoms with van der Waals surface area (Å²) in [6.45, 7) is 7.17. The molecule has 0 atom stereocenters. The molecule has 162 valence electrons. The number of piperazine rings is 1. The molecule has 1 aliphatic rings. The van der Waals surface area contributed by atoms with Crippen LogP contribution in [-0.2, 0) is 6.42 Å². The van der Waals surface area contributed by atoms with Gasteiger partial charge >= 0.3 is 0 Å². The first-order chi connectivity index (χ1) is 15.1. The Balaban J connectivity index is 1.39. The molecule has 0 amide bonds. The number of ether oxygens (including phenoxy) is 1. The van der Waals surface area contributed by atoms with Crippen molar-refractivity contribution in [1.82, 2.24) is 14.9 Å². The largest absolute Gasteiger partial charge is 0.497 e. The van der Waals surface area contributed by atoms with Crippen LogP contribution in [0.2, 0.25) is 0 Å². The van der Waals surface area contributed by atoms with Crippen LogP contribution in [0.25, 0.3) is 11.4 Å². The molecule has 1 N–H and O–H groups in total. The fourth-order valence-electron chi connectivity index (χ4n) is 3.80. The number of methoxy groups -OCH3 is 1. The lowest BCUT2D eigenvalue weighted by molar-refractivity contribution is 0.313. The SMILES string of the molecule is COc1ccc(CCNc2cc(C)nc(-c3ccc(N4CCN(C)CC4)cc3)n2)cc1. The molecule has 2 aromatic carbocycles. The molecule has 1 saturated heterocycles. The quantitative estimate of drug-likeness (QED) is 0.630. The topological polar surface area (TPSA) is 53.5 Å². The summed E-state index contributed by atoms with van der Waals surface area (Å²) in [6.07, 6.45) is 0.919. The summed E-state index contributed by atoms with van der Waals surface area (Å²) in [6, 6.07) is 18.8. The van der Waals surface area contributed by atoms with Crippen molar-refractivity contribution in [2.24, 2.45) is 0 Å². The molecule has 6 heteroatoms. The van der Waals surface area contributed by atoms with Crippen LogP contribution in [0.5, 0.6) is 5.75 Å². The van der Waals surface area contributed by atoms with E-state index in [1.54, 1.807) is 7.11 Å². The van der Waals surface area contributed by atoms with E-state index in [1.807, 2.05) is 25.1 Å². The van der Waals surface area contributed by atoms with Gasteiger partial charge in [-0.25, -0.2) is 9.97 Å². The predicted molar refractivity (Wildman–Crippen MR) is 127 cm³/mol. The highest BCUT2D eigenvalue weighted by Crippen LogP contribution is 2.23. The van der Waals surface area contributed by atoms with Crippen molar-refractivity contribution in [3.8, 4) is 17.1 Å². The molecule has 3 aromatic rings. The van der Waals surface area contributed by atoms with Crippen LogP contribution in [0.1, 0.15) is 11.3 Å². The monoisotopic (exact) mass is 417 g/mol. The molecular weight excluding hydrogens is 386 g/mol. The number of aromatic nitrogens is 2. The predicted octanol–water partition coefficient (Wildman–Crippen LogP) is 3.87. The maximum Gasteiger partial charge on any atom is 0.161 e.